The van der Waals surface area contributed by atoms with Crippen molar-refractivity contribution < 1.29 is 0 Å². The summed E-state index contributed by atoms with van der Waals surface area (Å²) in [6.45, 7) is 7.91. The van der Waals surface area contributed by atoms with E-state index in [4.69, 9.17) is 0 Å². The molecule has 0 atom stereocenters. The topological polar surface area (TPSA) is 3.24 Å². The van der Waals surface area contributed by atoms with E-state index in [0.29, 0.717) is 0 Å². The second kappa shape index (κ2) is 7.37. The molecule has 1 aliphatic rings. The average molecular weight is 182 g/mol. The van der Waals surface area contributed by atoms with Crippen LogP contribution in [0.25, 0.3) is 0 Å². The number of hydrogen-bond acceptors (Lipinski definition) is 1. The van der Waals surface area contributed by atoms with Gasteiger partial charge in [0.1, 0.15) is 0 Å². The summed E-state index contributed by atoms with van der Waals surface area (Å²) in [7, 11) is 0. The van der Waals surface area contributed by atoms with E-state index in [-0.39, 0.29) is 0 Å². The molecule has 1 heterocycles. The minimum Gasteiger partial charge on any atom is -0.303 e. The van der Waals surface area contributed by atoms with Crippen LogP contribution >= 0.6 is 0 Å². The normalized spacial score (nSPS) is 20.1. The van der Waals surface area contributed by atoms with Crippen LogP contribution in [0.2, 0.25) is 0 Å². The maximum atomic E-state index is 3.87. The van der Waals surface area contributed by atoms with E-state index in [2.05, 4.69) is 11.8 Å². The third-order valence-electron chi connectivity index (χ3n) is 2.92. The summed E-state index contributed by atoms with van der Waals surface area (Å²) in [5.41, 5.74) is 0. The Bertz CT molecular complexity index is 104. The molecule has 1 fully saturated rings. The summed E-state index contributed by atoms with van der Waals surface area (Å²) in [5, 5.41) is 0. The fourth-order valence-electron chi connectivity index (χ4n) is 2.05. The number of hydrogen-bond donors (Lipinski definition) is 0. The predicted molar refractivity (Wildman–Crippen MR) is 58.7 cm³/mol. The van der Waals surface area contributed by atoms with Crippen molar-refractivity contribution >= 4 is 0 Å². The lowest BCUT2D eigenvalue weighted by molar-refractivity contribution is 0.278. The summed E-state index contributed by atoms with van der Waals surface area (Å²) in [6.07, 6.45) is 10.9. The van der Waals surface area contributed by atoms with Crippen molar-refractivity contribution in [1.82, 2.24) is 4.90 Å². The van der Waals surface area contributed by atoms with E-state index in [1.807, 2.05) is 0 Å². The van der Waals surface area contributed by atoms with Gasteiger partial charge in [-0.3, -0.25) is 0 Å². The molecule has 1 heteroatoms. The molecule has 1 nitrogen and oxygen atoms in total. The van der Waals surface area contributed by atoms with Crippen LogP contribution in [0.5, 0.6) is 0 Å². The van der Waals surface area contributed by atoms with Gasteiger partial charge in [0.05, 0.1) is 0 Å². The lowest BCUT2D eigenvalue weighted by Crippen LogP contribution is -2.25. The highest BCUT2D eigenvalue weighted by atomic mass is 15.1. The van der Waals surface area contributed by atoms with Crippen molar-refractivity contribution in [3.63, 3.8) is 0 Å². The molecular weight excluding hydrogens is 158 g/mol. The van der Waals surface area contributed by atoms with Gasteiger partial charge in [0.25, 0.3) is 0 Å². The molecule has 1 saturated heterocycles. The first-order valence-corrected chi connectivity index (χ1v) is 5.95. The smallest absolute Gasteiger partial charge is 0.00187 e. The van der Waals surface area contributed by atoms with Gasteiger partial charge in [-0.1, -0.05) is 39.0 Å². The molecule has 0 N–H and O–H groups in total. The fraction of sp³-hybridized carbons (Fsp3) is 0.917. The monoisotopic (exact) mass is 182 g/mol. The van der Waals surface area contributed by atoms with Crippen LogP contribution in [0.4, 0.5) is 0 Å². The Kier molecular flexibility index (Phi) is 6.26. The molecule has 0 bridgehead atoms. The predicted octanol–water partition coefficient (Wildman–Crippen LogP) is 3.26. The van der Waals surface area contributed by atoms with Crippen molar-refractivity contribution in [2.24, 2.45) is 0 Å². The van der Waals surface area contributed by atoms with Crippen molar-refractivity contribution in [3.05, 3.63) is 6.92 Å². The van der Waals surface area contributed by atoms with Gasteiger partial charge in [0, 0.05) is 0 Å². The maximum absolute atomic E-state index is 3.87. The molecule has 0 aromatic heterocycles. The largest absolute Gasteiger partial charge is 0.303 e. The lowest BCUT2D eigenvalue weighted by atomic mass is 10.2. The van der Waals surface area contributed by atoms with Crippen molar-refractivity contribution in [2.75, 3.05) is 19.6 Å². The molecule has 0 aromatic rings. The van der Waals surface area contributed by atoms with Gasteiger partial charge in [0.2, 0.25) is 0 Å². The summed E-state index contributed by atoms with van der Waals surface area (Å²) >= 11 is 0. The standard InChI is InChI=1S/C12H24N/c1-2-3-4-7-10-13-11-8-5-6-9-12-13/h1-12H2. The molecule has 1 rings (SSSR count). The molecule has 13 heavy (non-hydrogen) atoms. The van der Waals surface area contributed by atoms with Gasteiger partial charge in [0.15, 0.2) is 0 Å². The van der Waals surface area contributed by atoms with E-state index < -0.39 is 0 Å². The quantitative estimate of drug-likeness (QED) is 0.590. The Morgan fingerprint density at radius 2 is 1.54 bits per heavy atom. The van der Waals surface area contributed by atoms with Gasteiger partial charge in [-0.2, -0.15) is 0 Å². The second-order valence-corrected chi connectivity index (χ2v) is 4.17. The Morgan fingerprint density at radius 3 is 2.15 bits per heavy atom. The van der Waals surface area contributed by atoms with Crippen molar-refractivity contribution in [2.45, 2.75) is 51.4 Å². The Morgan fingerprint density at radius 1 is 0.846 bits per heavy atom. The van der Waals surface area contributed by atoms with Crippen LogP contribution in [0.3, 0.4) is 0 Å². The van der Waals surface area contributed by atoms with E-state index >= 15 is 0 Å². The Labute approximate surface area is 83.5 Å². The highest BCUT2D eigenvalue weighted by Gasteiger charge is 2.07. The zero-order chi connectivity index (χ0) is 9.36. The van der Waals surface area contributed by atoms with Crippen LogP contribution in [-0.2, 0) is 0 Å². The van der Waals surface area contributed by atoms with Gasteiger partial charge in [-0.05, 0) is 38.9 Å². The van der Waals surface area contributed by atoms with Crippen LogP contribution in [0, 0.1) is 6.92 Å². The summed E-state index contributed by atoms with van der Waals surface area (Å²) in [5.74, 6) is 0. The van der Waals surface area contributed by atoms with Gasteiger partial charge in [-0.15, -0.1) is 0 Å². The molecule has 0 unspecified atom stereocenters. The zero-order valence-corrected chi connectivity index (χ0v) is 8.93. The van der Waals surface area contributed by atoms with Crippen LogP contribution < -0.4 is 0 Å². The molecular formula is C12H24N. The third-order valence-corrected chi connectivity index (χ3v) is 2.92. The van der Waals surface area contributed by atoms with Crippen LogP contribution in [0.15, 0.2) is 0 Å². The highest BCUT2D eigenvalue weighted by Crippen LogP contribution is 2.10. The van der Waals surface area contributed by atoms with E-state index in [9.17, 15) is 0 Å². The lowest BCUT2D eigenvalue weighted by Gasteiger charge is -2.19. The molecule has 1 radical (unpaired) electrons. The summed E-state index contributed by atoms with van der Waals surface area (Å²) < 4.78 is 0. The molecule has 0 saturated carbocycles. The first kappa shape index (κ1) is 11.0. The van der Waals surface area contributed by atoms with Gasteiger partial charge >= 0.3 is 0 Å². The number of rotatable bonds is 5. The van der Waals surface area contributed by atoms with Gasteiger partial charge in [-0.25, -0.2) is 0 Å². The molecule has 0 spiro atoms. The molecule has 1 aliphatic heterocycles. The third kappa shape index (κ3) is 5.30. The van der Waals surface area contributed by atoms with Crippen molar-refractivity contribution in [3.8, 4) is 0 Å². The molecule has 0 amide bonds. The molecule has 0 aromatic carbocycles. The number of likely N-dealkylation sites (tertiary alicyclic amines) is 1. The summed E-state index contributed by atoms with van der Waals surface area (Å²) in [4.78, 5) is 2.65. The molecule has 0 aliphatic carbocycles. The first-order chi connectivity index (χ1) is 6.43. The van der Waals surface area contributed by atoms with Crippen LogP contribution in [0.1, 0.15) is 51.4 Å². The molecule has 77 valence electrons. The van der Waals surface area contributed by atoms with Crippen LogP contribution in [-0.4, -0.2) is 24.5 Å². The minimum absolute atomic E-state index is 1.11. The van der Waals surface area contributed by atoms with E-state index in [1.54, 1.807) is 0 Å². The van der Waals surface area contributed by atoms with Crippen molar-refractivity contribution in [1.29, 1.82) is 0 Å². The fourth-order valence-corrected chi connectivity index (χ4v) is 2.05. The average Bonchev–Trinajstić information content (AvgIpc) is 2.41. The zero-order valence-electron chi connectivity index (χ0n) is 8.93. The Balaban J connectivity index is 1.98. The number of unbranched alkanes of at least 4 members (excludes halogenated alkanes) is 3. The Hall–Kier alpha value is -0.0400. The van der Waals surface area contributed by atoms with Gasteiger partial charge < -0.3 is 4.90 Å². The highest BCUT2D eigenvalue weighted by molar-refractivity contribution is 4.63. The first-order valence-electron chi connectivity index (χ1n) is 5.95. The maximum Gasteiger partial charge on any atom is -0.00187 e. The van der Waals surface area contributed by atoms with E-state index in [1.165, 1.54) is 64.6 Å². The summed E-state index contributed by atoms with van der Waals surface area (Å²) in [6, 6.07) is 0. The second-order valence-electron chi connectivity index (χ2n) is 4.17. The number of nitrogens with zero attached hydrogens (tertiary/aromatic N) is 1. The minimum atomic E-state index is 1.11. The SMILES string of the molecule is [CH2]CCCCCN1CCCCCC1. The van der Waals surface area contributed by atoms with E-state index in [0.717, 1.165) is 6.42 Å².